The molecule has 0 fully saturated rings. The molecule has 0 aromatic heterocycles. The molecule has 3 rings (SSSR count). The third-order valence-electron chi connectivity index (χ3n) is 5.32. The predicted molar refractivity (Wildman–Crippen MR) is 120 cm³/mol. The number of amidine groups is 1. The number of rotatable bonds is 11. The Morgan fingerprint density at radius 1 is 1.12 bits per heavy atom. The van der Waals surface area contributed by atoms with E-state index < -0.39 is 12.0 Å². The molecule has 32 heavy (non-hydrogen) atoms. The van der Waals surface area contributed by atoms with Crippen LogP contribution in [0.4, 0.5) is 0 Å². The van der Waals surface area contributed by atoms with Crippen molar-refractivity contribution in [2.24, 2.45) is 5.73 Å². The van der Waals surface area contributed by atoms with Crippen LogP contribution in [0.1, 0.15) is 61.8 Å². The highest BCUT2D eigenvalue weighted by Crippen LogP contribution is 2.37. The van der Waals surface area contributed by atoms with Gasteiger partial charge in [0.25, 0.3) is 0 Å². The number of amides is 1. The standard InChI is InChI=1S/C24H29N3O5/c1-2-23-31-19-12-11-17(13-20(19)32-23)18(14-22(29)30)27-21(28)6-4-3-5-15-7-9-16(10-8-15)24(25)26/h7-13,18,23H,2-6,14H2,1H3,(H3,25,26)(H,27,28)(H,29,30). The van der Waals surface area contributed by atoms with Crippen molar-refractivity contribution in [2.45, 2.75) is 57.8 Å². The number of carbonyl (C=O) groups is 2. The monoisotopic (exact) mass is 439 g/mol. The fraction of sp³-hybridized carbons (Fsp3) is 0.375. The van der Waals surface area contributed by atoms with E-state index in [0.717, 1.165) is 18.4 Å². The van der Waals surface area contributed by atoms with Crippen LogP contribution in [0.3, 0.4) is 0 Å². The molecule has 2 unspecified atom stereocenters. The molecule has 1 aliphatic heterocycles. The summed E-state index contributed by atoms with van der Waals surface area (Å²) in [6, 6.07) is 12.1. The third-order valence-corrected chi connectivity index (χ3v) is 5.32. The molecule has 2 aromatic carbocycles. The number of fused-ring (bicyclic) bond motifs is 1. The second kappa shape index (κ2) is 10.7. The Kier molecular flexibility index (Phi) is 7.70. The summed E-state index contributed by atoms with van der Waals surface area (Å²) in [5.74, 6) is 0.0459. The maximum absolute atomic E-state index is 12.5. The molecule has 1 aliphatic rings. The van der Waals surface area contributed by atoms with E-state index in [1.807, 2.05) is 31.2 Å². The average molecular weight is 440 g/mol. The molecular formula is C24H29N3O5. The lowest BCUT2D eigenvalue weighted by Crippen LogP contribution is -2.30. The molecule has 8 nitrogen and oxygen atoms in total. The maximum Gasteiger partial charge on any atom is 0.305 e. The van der Waals surface area contributed by atoms with E-state index in [1.54, 1.807) is 18.2 Å². The second-order valence-electron chi connectivity index (χ2n) is 7.82. The van der Waals surface area contributed by atoms with Crippen LogP contribution in [0.2, 0.25) is 0 Å². The number of hydrogen-bond donors (Lipinski definition) is 4. The maximum atomic E-state index is 12.5. The lowest BCUT2D eigenvalue weighted by molar-refractivity contribution is -0.137. The number of carboxylic acids is 1. The number of aliphatic carboxylic acids is 1. The van der Waals surface area contributed by atoms with Crippen LogP contribution in [0, 0.1) is 5.41 Å². The zero-order valence-electron chi connectivity index (χ0n) is 18.1. The zero-order valence-corrected chi connectivity index (χ0v) is 18.1. The summed E-state index contributed by atoms with van der Waals surface area (Å²) in [6.07, 6.45) is 2.75. The van der Waals surface area contributed by atoms with Crippen LogP contribution in [0.25, 0.3) is 0 Å². The summed E-state index contributed by atoms with van der Waals surface area (Å²) >= 11 is 0. The van der Waals surface area contributed by atoms with Crippen LogP contribution in [0.5, 0.6) is 11.5 Å². The Morgan fingerprint density at radius 3 is 2.50 bits per heavy atom. The minimum absolute atomic E-state index is 0.0387. The summed E-state index contributed by atoms with van der Waals surface area (Å²) in [4.78, 5) is 23.8. The molecule has 0 radical (unpaired) electrons. The van der Waals surface area contributed by atoms with E-state index in [-0.39, 0.29) is 24.5 Å². The van der Waals surface area contributed by atoms with E-state index in [0.29, 0.717) is 41.9 Å². The van der Waals surface area contributed by atoms with Crippen LogP contribution in [-0.2, 0) is 16.0 Å². The van der Waals surface area contributed by atoms with Crippen LogP contribution in [-0.4, -0.2) is 29.1 Å². The Morgan fingerprint density at radius 2 is 1.84 bits per heavy atom. The Bertz CT molecular complexity index is 974. The van der Waals surface area contributed by atoms with E-state index >= 15 is 0 Å². The molecule has 0 aliphatic carbocycles. The van der Waals surface area contributed by atoms with Gasteiger partial charge in [-0.1, -0.05) is 37.3 Å². The molecule has 0 saturated heterocycles. The summed E-state index contributed by atoms with van der Waals surface area (Å²) in [5.41, 5.74) is 7.93. The average Bonchev–Trinajstić information content (AvgIpc) is 3.19. The number of aryl methyl sites for hydroxylation is 1. The van der Waals surface area contributed by atoms with Gasteiger partial charge in [0.15, 0.2) is 11.5 Å². The number of carbonyl (C=O) groups excluding carboxylic acids is 1. The fourth-order valence-electron chi connectivity index (χ4n) is 3.56. The van der Waals surface area contributed by atoms with Gasteiger partial charge >= 0.3 is 5.97 Å². The molecule has 2 atom stereocenters. The Labute approximate surface area is 187 Å². The Balaban J connectivity index is 1.52. The fourth-order valence-corrected chi connectivity index (χ4v) is 3.56. The van der Waals surface area contributed by atoms with E-state index in [1.165, 1.54) is 0 Å². The number of carboxylic acid groups (broad SMARTS) is 1. The lowest BCUT2D eigenvalue weighted by Gasteiger charge is -2.18. The van der Waals surface area contributed by atoms with Crippen molar-refractivity contribution in [1.82, 2.24) is 5.32 Å². The van der Waals surface area contributed by atoms with Crippen LogP contribution < -0.4 is 20.5 Å². The van der Waals surface area contributed by atoms with Gasteiger partial charge in [0.1, 0.15) is 5.84 Å². The first kappa shape index (κ1) is 23.1. The number of ether oxygens (including phenoxy) is 2. The van der Waals surface area contributed by atoms with Crippen molar-refractivity contribution in [3.8, 4) is 11.5 Å². The SMILES string of the molecule is CCC1Oc2ccc(C(CC(=O)O)NC(=O)CCCCc3ccc(C(=N)N)cc3)cc2O1. The van der Waals surface area contributed by atoms with Crippen molar-refractivity contribution < 1.29 is 24.2 Å². The first-order chi connectivity index (χ1) is 15.4. The number of nitrogens with two attached hydrogens (primary N) is 1. The van der Waals surface area contributed by atoms with Crippen molar-refractivity contribution in [3.63, 3.8) is 0 Å². The summed E-state index contributed by atoms with van der Waals surface area (Å²) in [5, 5.41) is 19.6. The highest BCUT2D eigenvalue weighted by Gasteiger charge is 2.25. The number of benzene rings is 2. The number of hydrogen-bond acceptors (Lipinski definition) is 5. The molecule has 0 spiro atoms. The van der Waals surface area contributed by atoms with Gasteiger partial charge < -0.3 is 25.6 Å². The van der Waals surface area contributed by atoms with E-state index in [9.17, 15) is 14.7 Å². The van der Waals surface area contributed by atoms with Crippen molar-refractivity contribution in [2.75, 3.05) is 0 Å². The summed E-state index contributed by atoms with van der Waals surface area (Å²) in [7, 11) is 0. The largest absolute Gasteiger partial charge is 0.481 e. The first-order valence-corrected chi connectivity index (χ1v) is 10.8. The van der Waals surface area contributed by atoms with Crippen molar-refractivity contribution >= 4 is 17.7 Å². The number of unbranched alkanes of at least 4 members (excludes halogenated alkanes) is 1. The quantitative estimate of drug-likeness (QED) is 0.240. The molecule has 5 N–H and O–H groups in total. The zero-order chi connectivity index (χ0) is 23.1. The van der Waals surface area contributed by atoms with Crippen LogP contribution >= 0.6 is 0 Å². The molecule has 1 heterocycles. The number of nitrogens with one attached hydrogen (secondary N) is 2. The minimum Gasteiger partial charge on any atom is -0.481 e. The minimum atomic E-state index is -0.992. The molecule has 1 amide bonds. The van der Waals surface area contributed by atoms with Gasteiger partial charge in [-0.2, -0.15) is 0 Å². The van der Waals surface area contributed by atoms with Gasteiger partial charge in [-0.05, 0) is 42.5 Å². The smallest absolute Gasteiger partial charge is 0.305 e. The molecule has 0 bridgehead atoms. The van der Waals surface area contributed by atoms with E-state index in [2.05, 4.69) is 5.32 Å². The number of nitrogen functional groups attached to an aromatic ring is 1. The molecule has 8 heteroatoms. The van der Waals surface area contributed by atoms with Crippen molar-refractivity contribution in [1.29, 1.82) is 5.41 Å². The second-order valence-corrected chi connectivity index (χ2v) is 7.82. The van der Waals surface area contributed by atoms with Gasteiger partial charge in [0.2, 0.25) is 12.2 Å². The third kappa shape index (κ3) is 6.23. The van der Waals surface area contributed by atoms with Gasteiger partial charge in [-0.3, -0.25) is 15.0 Å². The topological polar surface area (TPSA) is 135 Å². The van der Waals surface area contributed by atoms with Gasteiger partial charge in [-0.25, -0.2) is 0 Å². The van der Waals surface area contributed by atoms with Crippen molar-refractivity contribution in [3.05, 3.63) is 59.2 Å². The highest BCUT2D eigenvalue weighted by molar-refractivity contribution is 5.94. The Hall–Kier alpha value is -3.55. The van der Waals surface area contributed by atoms with Gasteiger partial charge in [0, 0.05) is 18.4 Å². The predicted octanol–water partition coefficient (Wildman–Crippen LogP) is 3.52. The molecular weight excluding hydrogens is 410 g/mol. The molecule has 0 saturated carbocycles. The summed E-state index contributed by atoms with van der Waals surface area (Å²) in [6.45, 7) is 1.95. The molecule has 170 valence electrons. The summed E-state index contributed by atoms with van der Waals surface area (Å²) < 4.78 is 11.3. The lowest BCUT2D eigenvalue weighted by atomic mass is 10.0. The normalized spacial score (nSPS) is 15.2. The highest BCUT2D eigenvalue weighted by atomic mass is 16.7. The van der Waals surface area contributed by atoms with Gasteiger partial charge in [-0.15, -0.1) is 0 Å². The first-order valence-electron chi connectivity index (χ1n) is 10.8. The van der Waals surface area contributed by atoms with Gasteiger partial charge in [0.05, 0.1) is 12.5 Å². The molecule has 2 aromatic rings. The van der Waals surface area contributed by atoms with Crippen LogP contribution in [0.15, 0.2) is 42.5 Å². The van der Waals surface area contributed by atoms with E-state index in [4.69, 9.17) is 20.6 Å².